The molecule has 2 rings (SSSR count). The van der Waals surface area contributed by atoms with Crippen LogP contribution < -0.4 is 11.5 Å². The highest BCUT2D eigenvalue weighted by molar-refractivity contribution is 5.32. The van der Waals surface area contributed by atoms with Crippen molar-refractivity contribution in [3.05, 3.63) is 23.9 Å². The van der Waals surface area contributed by atoms with E-state index in [1.807, 2.05) is 12.1 Å². The lowest BCUT2D eigenvalue weighted by atomic mass is 9.98. The third-order valence-corrected chi connectivity index (χ3v) is 3.42. The molecule has 3 nitrogen and oxygen atoms in total. The van der Waals surface area contributed by atoms with Crippen LogP contribution in [0.5, 0.6) is 0 Å². The summed E-state index contributed by atoms with van der Waals surface area (Å²) in [5.74, 6) is 1.24. The van der Waals surface area contributed by atoms with Crippen LogP contribution in [0.3, 0.4) is 0 Å². The van der Waals surface area contributed by atoms with E-state index in [2.05, 4.69) is 18.8 Å². The topological polar surface area (TPSA) is 64.9 Å². The molecule has 2 unspecified atom stereocenters. The molecule has 0 radical (unpaired) electrons. The van der Waals surface area contributed by atoms with Gasteiger partial charge in [0.05, 0.1) is 0 Å². The SMILES string of the molecule is CC1(C)CC1C(N)Cc1ccnc(N)c1. The van der Waals surface area contributed by atoms with E-state index >= 15 is 0 Å². The second-order valence-electron chi connectivity index (χ2n) is 5.26. The first-order chi connectivity index (χ1) is 6.99. The molecule has 2 atom stereocenters. The van der Waals surface area contributed by atoms with Crippen molar-refractivity contribution in [1.29, 1.82) is 0 Å². The van der Waals surface area contributed by atoms with Crippen LogP contribution >= 0.6 is 0 Å². The maximum absolute atomic E-state index is 6.18. The number of pyridine rings is 1. The molecule has 0 aromatic carbocycles. The fourth-order valence-electron chi connectivity index (χ4n) is 2.27. The standard InChI is InChI=1S/C12H19N3/c1-12(2)7-9(12)10(13)5-8-3-4-15-11(14)6-8/h3-4,6,9-10H,5,7,13H2,1-2H3,(H2,14,15). The van der Waals surface area contributed by atoms with E-state index in [1.54, 1.807) is 6.20 Å². The summed E-state index contributed by atoms with van der Waals surface area (Å²) < 4.78 is 0. The van der Waals surface area contributed by atoms with Gasteiger partial charge in [-0.15, -0.1) is 0 Å². The van der Waals surface area contributed by atoms with Gasteiger partial charge in [-0.25, -0.2) is 4.98 Å². The number of nitrogen functional groups attached to an aromatic ring is 1. The Bertz CT molecular complexity index is 360. The molecule has 0 amide bonds. The second kappa shape index (κ2) is 3.49. The van der Waals surface area contributed by atoms with E-state index < -0.39 is 0 Å². The minimum absolute atomic E-state index is 0.252. The van der Waals surface area contributed by atoms with Gasteiger partial charge in [0, 0.05) is 12.2 Å². The van der Waals surface area contributed by atoms with Crippen LogP contribution in [-0.2, 0) is 6.42 Å². The van der Waals surface area contributed by atoms with Gasteiger partial charge in [0.2, 0.25) is 0 Å². The molecule has 0 aliphatic heterocycles. The number of aromatic nitrogens is 1. The van der Waals surface area contributed by atoms with Gasteiger partial charge < -0.3 is 11.5 Å². The first-order valence-electron chi connectivity index (χ1n) is 5.45. The highest BCUT2D eigenvalue weighted by atomic mass is 14.8. The summed E-state index contributed by atoms with van der Waals surface area (Å²) >= 11 is 0. The molecule has 0 spiro atoms. The molecular formula is C12H19N3. The van der Waals surface area contributed by atoms with Crippen LogP contribution in [0.15, 0.2) is 18.3 Å². The zero-order valence-electron chi connectivity index (χ0n) is 9.40. The maximum Gasteiger partial charge on any atom is 0.123 e. The first kappa shape index (κ1) is 10.4. The van der Waals surface area contributed by atoms with Gasteiger partial charge in [-0.2, -0.15) is 0 Å². The number of nitrogens with zero attached hydrogens (tertiary/aromatic N) is 1. The Labute approximate surface area is 90.9 Å². The molecule has 4 N–H and O–H groups in total. The maximum atomic E-state index is 6.18. The zero-order chi connectivity index (χ0) is 11.1. The quantitative estimate of drug-likeness (QED) is 0.787. The fraction of sp³-hybridized carbons (Fsp3) is 0.583. The number of hydrogen-bond donors (Lipinski definition) is 2. The van der Waals surface area contributed by atoms with Crippen molar-refractivity contribution in [2.45, 2.75) is 32.7 Å². The largest absolute Gasteiger partial charge is 0.384 e. The van der Waals surface area contributed by atoms with E-state index in [4.69, 9.17) is 11.5 Å². The minimum atomic E-state index is 0.252. The summed E-state index contributed by atoms with van der Waals surface area (Å²) in [5, 5.41) is 0. The fourth-order valence-corrected chi connectivity index (χ4v) is 2.27. The van der Waals surface area contributed by atoms with Crippen LogP contribution in [-0.4, -0.2) is 11.0 Å². The van der Waals surface area contributed by atoms with Crippen molar-refractivity contribution >= 4 is 5.82 Å². The zero-order valence-corrected chi connectivity index (χ0v) is 9.40. The van der Waals surface area contributed by atoms with Crippen molar-refractivity contribution < 1.29 is 0 Å². The van der Waals surface area contributed by atoms with Gasteiger partial charge in [-0.05, 0) is 41.9 Å². The van der Waals surface area contributed by atoms with Gasteiger partial charge in [-0.1, -0.05) is 13.8 Å². The average Bonchev–Trinajstić information content (AvgIpc) is 2.75. The van der Waals surface area contributed by atoms with Crippen molar-refractivity contribution in [3.8, 4) is 0 Å². The van der Waals surface area contributed by atoms with Crippen LogP contribution in [0.25, 0.3) is 0 Å². The molecule has 82 valence electrons. The normalized spacial score (nSPS) is 24.9. The van der Waals surface area contributed by atoms with E-state index in [0.29, 0.717) is 17.2 Å². The Hall–Kier alpha value is -1.09. The Kier molecular flexibility index (Phi) is 2.43. The first-order valence-corrected chi connectivity index (χ1v) is 5.45. The summed E-state index contributed by atoms with van der Waals surface area (Å²) in [6.45, 7) is 4.55. The summed E-state index contributed by atoms with van der Waals surface area (Å²) in [6, 6.07) is 4.16. The molecule has 0 bridgehead atoms. The molecule has 1 heterocycles. The molecule has 1 aromatic heterocycles. The van der Waals surface area contributed by atoms with Crippen molar-refractivity contribution in [3.63, 3.8) is 0 Å². The minimum Gasteiger partial charge on any atom is -0.384 e. The second-order valence-corrected chi connectivity index (χ2v) is 5.26. The van der Waals surface area contributed by atoms with Gasteiger partial charge in [0.1, 0.15) is 5.82 Å². The molecule has 1 fully saturated rings. The number of hydrogen-bond acceptors (Lipinski definition) is 3. The molecular weight excluding hydrogens is 186 g/mol. The molecule has 1 aliphatic carbocycles. The van der Waals surface area contributed by atoms with E-state index in [-0.39, 0.29) is 6.04 Å². The third kappa shape index (κ3) is 2.29. The van der Waals surface area contributed by atoms with Gasteiger partial charge in [-0.3, -0.25) is 0 Å². The summed E-state index contributed by atoms with van der Waals surface area (Å²) in [7, 11) is 0. The molecule has 15 heavy (non-hydrogen) atoms. The number of nitrogens with two attached hydrogens (primary N) is 2. The van der Waals surface area contributed by atoms with Crippen LogP contribution in [0.1, 0.15) is 25.8 Å². The summed E-state index contributed by atoms with van der Waals surface area (Å²) in [5.41, 5.74) is 13.4. The lowest BCUT2D eigenvalue weighted by Gasteiger charge is -2.13. The van der Waals surface area contributed by atoms with Gasteiger partial charge >= 0.3 is 0 Å². The average molecular weight is 205 g/mol. The predicted molar refractivity (Wildman–Crippen MR) is 62.2 cm³/mol. The van der Waals surface area contributed by atoms with Crippen LogP contribution in [0, 0.1) is 11.3 Å². The molecule has 1 aliphatic rings. The van der Waals surface area contributed by atoms with Gasteiger partial charge in [0.15, 0.2) is 0 Å². The lowest BCUT2D eigenvalue weighted by molar-refractivity contribution is 0.476. The molecule has 1 aromatic rings. The molecule has 0 saturated heterocycles. The van der Waals surface area contributed by atoms with Crippen LogP contribution in [0.2, 0.25) is 0 Å². The highest BCUT2D eigenvalue weighted by Crippen LogP contribution is 2.53. The smallest absolute Gasteiger partial charge is 0.123 e. The Balaban J connectivity index is 1.98. The Morgan fingerprint density at radius 2 is 2.27 bits per heavy atom. The van der Waals surface area contributed by atoms with Gasteiger partial charge in [0.25, 0.3) is 0 Å². The number of rotatable bonds is 3. The Morgan fingerprint density at radius 3 is 2.80 bits per heavy atom. The molecule has 1 saturated carbocycles. The molecule has 3 heteroatoms. The summed E-state index contributed by atoms with van der Waals surface area (Å²) in [4.78, 5) is 3.97. The van der Waals surface area contributed by atoms with Crippen molar-refractivity contribution in [2.75, 3.05) is 5.73 Å². The Morgan fingerprint density at radius 1 is 1.60 bits per heavy atom. The van der Waals surface area contributed by atoms with Crippen LogP contribution in [0.4, 0.5) is 5.82 Å². The van der Waals surface area contributed by atoms with Crippen molar-refractivity contribution in [2.24, 2.45) is 17.1 Å². The van der Waals surface area contributed by atoms with E-state index in [1.165, 1.54) is 12.0 Å². The van der Waals surface area contributed by atoms with E-state index in [0.717, 1.165) is 6.42 Å². The third-order valence-electron chi connectivity index (χ3n) is 3.42. The number of anilines is 1. The summed E-state index contributed by atoms with van der Waals surface area (Å²) in [6.07, 6.45) is 3.89. The van der Waals surface area contributed by atoms with E-state index in [9.17, 15) is 0 Å². The van der Waals surface area contributed by atoms with Crippen molar-refractivity contribution in [1.82, 2.24) is 4.98 Å². The predicted octanol–water partition coefficient (Wildman–Crippen LogP) is 1.58. The lowest BCUT2D eigenvalue weighted by Crippen LogP contribution is -2.27. The monoisotopic (exact) mass is 205 g/mol. The highest BCUT2D eigenvalue weighted by Gasteiger charge is 2.48.